The second-order valence-electron chi connectivity index (χ2n) is 0.408. The minimum absolute atomic E-state index is 0. The molecule has 0 unspecified atom stereocenters. The summed E-state index contributed by atoms with van der Waals surface area (Å²) in [6.45, 7) is 0. The number of halogens is 1. The first-order chi connectivity index (χ1) is 3.00. The van der Waals surface area contributed by atoms with Gasteiger partial charge in [-0.2, -0.15) is 0 Å². The molecule has 0 atom stereocenters. The van der Waals surface area contributed by atoms with Gasteiger partial charge in [-0.25, -0.2) is 0 Å². The Labute approximate surface area is 69.0 Å². The largest absolute Gasteiger partial charge is 2.00 e. The zero-order valence-electron chi connectivity index (χ0n) is 4.13. The van der Waals surface area contributed by atoms with Crippen LogP contribution in [0.4, 0.5) is 0 Å². The Hall–Kier alpha value is 0.926. The normalized spacial score (nSPS) is 8.00. The summed E-state index contributed by atoms with van der Waals surface area (Å²) in [6.07, 6.45) is 1.47. The summed E-state index contributed by atoms with van der Waals surface area (Å²) < 4.78 is 34.1. The van der Waals surface area contributed by atoms with E-state index in [0.29, 0.717) is 0 Å². The van der Waals surface area contributed by atoms with E-state index >= 15 is 0 Å². The molecule has 0 rings (SSSR count). The maximum atomic E-state index is 8.52. The van der Waals surface area contributed by atoms with Gasteiger partial charge in [-0.1, -0.05) is 0 Å². The van der Waals surface area contributed by atoms with Crippen molar-refractivity contribution in [1.82, 2.24) is 0 Å². The Kier molecular flexibility index (Phi) is 15.8. The molecular formula is CH3ClMgO4S. The molecule has 0 aliphatic heterocycles. The van der Waals surface area contributed by atoms with Crippen LogP contribution in [-0.2, 0) is 10.4 Å². The van der Waals surface area contributed by atoms with E-state index < -0.39 is 10.4 Å². The molecule has 0 spiro atoms. The van der Waals surface area contributed by atoms with Crippen LogP contribution < -0.4 is 0 Å². The quantitative estimate of drug-likeness (QED) is 0.205. The van der Waals surface area contributed by atoms with Gasteiger partial charge in [-0.15, -0.1) is 11.6 Å². The zero-order valence-corrected chi connectivity index (χ0v) is 7.11. The summed E-state index contributed by atoms with van der Waals surface area (Å²) in [5.74, 6) is 0. The summed E-state index contributed by atoms with van der Waals surface area (Å²) >= 11 is 4.64. The van der Waals surface area contributed by atoms with Gasteiger partial charge in [-0.05, 0) is 0 Å². The predicted octanol–water partition coefficient (Wildman–Crippen LogP) is -0.864. The molecule has 0 fully saturated rings. The molecule has 0 aromatic carbocycles. The third kappa shape index (κ3) is 284. The first-order valence-electron chi connectivity index (χ1n) is 1.04. The minimum Gasteiger partial charge on any atom is -0.759 e. The van der Waals surface area contributed by atoms with Crippen molar-refractivity contribution in [2.45, 2.75) is 0 Å². The number of alkyl halides is 1. The van der Waals surface area contributed by atoms with Crippen LogP contribution in [0.2, 0.25) is 0 Å². The molecule has 0 saturated carbocycles. The molecule has 0 radical (unpaired) electrons. The zero-order chi connectivity index (χ0) is 6.50. The Morgan fingerprint density at radius 1 is 1.25 bits per heavy atom. The molecule has 0 aromatic heterocycles. The Balaban J connectivity index is -0.0000000750. The van der Waals surface area contributed by atoms with Crippen LogP contribution in [0.15, 0.2) is 0 Å². The van der Waals surface area contributed by atoms with Crippen molar-refractivity contribution in [2.75, 3.05) is 6.38 Å². The van der Waals surface area contributed by atoms with Gasteiger partial charge in [0.1, 0.15) is 0 Å². The van der Waals surface area contributed by atoms with Crippen LogP contribution in [0.1, 0.15) is 0 Å². The Morgan fingerprint density at radius 3 is 1.25 bits per heavy atom. The van der Waals surface area contributed by atoms with Crippen LogP contribution in [0.5, 0.6) is 0 Å². The van der Waals surface area contributed by atoms with Gasteiger partial charge in [0.15, 0.2) is 0 Å². The second kappa shape index (κ2) is 7.93. The Morgan fingerprint density at radius 2 is 1.25 bits per heavy atom. The third-order valence-corrected chi connectivity index (χ3v) is 0. The summed E-state index contributed by atoms with van der Waals surface area (Å²) in [6, 6.07) is 0. The molecule has 0 saturated heterocycles. The SMILES string of the molecule is CCl.O=S(=O)([O-])[O-].[Mg+2]. The summed E-state index contributed by atoms with van der Waals surface area (Å²) in [5.41, 5.74) is 0. The van der Waals surface area contributed by atoms with E-state index in [4.69, 9.17) is 17.5 Å². The molecule has 0 amide bonds. The number of hydrogen-bond acceptors (Lipinski definition) is 4. The van der Waals surface area contributed by atoms with Crippen molar-refractivity contribution in [3.05, 3.63) is 0 Å². The molecule has 8 heavy (non-hydrogen) atoms. The fourth-order valence-corrected chi connectivity index (χ4v) is 0. The monoisotopic (exact) mass is 170 g/mol. The fraction of sp³-hybridized carbons (Fsp3) is 1.00. The second-order valence-corrected chi connectivity index (χ2v) is 1.22. The maximum Gasteiger partial charge on any atom is 2.00 e. The average Bonchev–Trinajstić information content (AvgIpc) is 1.36. The van der Waals surface area contributed by atoms with Crippen LogP contribution in [0.25, 0.3) is 0 Å². The number of rotatable bonds is 0. The van der Waals surface area contributed by atoms with E-state index in [1.165, 1.54) is 6.38 Å². The third-order valence-electron chi connectivity index (χ3n) is 0. The standard InChI is InChI=1S/CH3Cl.Mg.H2O4S/c1-2;;1-5(2,3)4/h1H3;;(H2,1,2,3,4)/q;+2;/p-2. The van der Waals surface area contributed by atoms with Crippen LogP contribution in [0.3, 0.4) is 0 Å². The van der Waals surface area contributed by atoms with E-state index in [9.17, 15) is 0 Å². The van der Waals surface area contributed by atoms with E-state index in [2.05, 4.69) is 11.6 Å². The molecular weight excluding hydrogens is 168 g/mol. The van der Waals surface area contributed by atoms with E-state index in [-0.39, 0.29) is 23.1 Å². The summed E-state index contributed by atoms with van der Waals surface area (Å²) in [5, 5.41) is 0. The first-order valence-corrected chi connectivity index (χ1v) is 3.13. The predicted molar refractivity (Wildman–Crippen MR) is 28.0 cm³/mol. The van der Waals surface area contributed by atoms with E-state index in [1.54, 1.807) is 0 Å². The van der Waals surface area contributed by atoms with Crippen LogP contribution in [-0.4, -0.2) is 47.0 Å². The van der Waals surface area contributed by atoms with E-state index in [1.807, 2.05) is 0 Å². The molecule has 0 heterocycles. The molecule has 46 valence electrons. The molecule has 0 aliphatic rings. The van der Waals surface area contributed by atoms with Crippen molar-refractivity contribution < 1.29 is 17.5 Å². The van der Waals surface area contributed by atoms with Gasteiger partial charge in [0.05, 0.1) is 0 Å². The molecule has 0 aromatic rings. The number of hydrogen-bond donors (Lipinski definition) is 0. The van der Waals surface area contributed by atoms with Gasteiger partial charge in [0.2, 0.25) is 0 Å². The van der Waals surface area contributed by atoms with Gasteiger partial charge < -0.3 is 9.11 Å². The molecule has 7 heteroatoms. The van der Waals surface area contributed by atoms with Gasteiger partial charge in [0, 0.05) is 16.8 Å². The van der Waals surface area contributed by atoms with Crippen LogP contribution in [0, 0.1) is 0 Å². The van der Waals surface area contributed by atoms with E-state index in [0.717, 1.165) is 0 Å². The summed E-state index contributed by atoms with van der Waals surface area (Å²) in [4.78, 5) is 0. The van der Waals surface area contributed by atoms with Crippen molar-refractivity contribution in [1.29, 1.82) is 0 Å². The maximum absolute atomic E-state index is 8.52. The van der Waals surface area contributed by atoms with Crippen molar-refractivity contribution in [2.24, 2.45) is 0 Å². The smallest absolute Gasteiger partial charge is 0.759 e. The van der Waals surface area contributed by atoms with Crippen LogP contribution >= 0.6 is 11.6 Å². The van der Waals surface area contributed by atoms with Crippen molar-refractivity contribution >= 4 is 45.1 Å². The average molecular weight is 171 g/mol. The minimum atomic E-state index is -5.17. The molecule has 0 N–H and O–H groups in total. The van der Waals surface area contributed by atoms with Gasteiger partial charge in [-0.3, -0.25) is 8.42 Å². The molecule has 0 bridgehead atoms. The van der Waals surface area contributed by atoms with Gasteiger partial charge in [0.25, 0.3) is 0 Å². The molecule has 0 aliphatic carbocycles. The van der Waals surface area contributed by atoms with Crippen molar-refractivity contribution in [3.63, 3.8) is 0 Å². The van der Waals surface area contributed by atoms with Crippen molar-refractivity contribution in [3.8, 4) is 0 Å². The summed E-state index contributed by atoms with van der Waals surface area (Å²) in [7, 11) is -5.17. The Bertz CT molecular complexity index is 99.2. The molecule has 4 nitrogen and oxygen atoms in total. The topological polar surface area (TPSA) is 80.3 Å². The fourth-order valence-electron chi connectivity index (χ4n) is 0. The van der Waals surface area contributed by atoms with Gasteiger partial charge >= 0.3 is 23.1 Å². The first kappa shape index (κ1) is 16.0.